The van der Waals surface area contributed by atoms with Crippen LogP contribution in [0.25, 0.3) is 0 Å². The zero-order valence-electron chi connectivity index (χ0n) is 19.9. The molecule has 33 heavy (non-hydrogen) atoms. The van der Waals surface area contributed by atoms with Crippen molar-refractivity contribution in [3.63, 3.8) is 0 Å². The summed E-state index contributed by atoms with van der Waals surface area (Å²) in [6.07, 6.45) is 3.53. The first-order chi connectivity index (χ1) is 16.0. The van der Waals surface area contributed by atoms with Crippen LogP contribution in [0, 0.1) is 13.8 Å². The third kappa shape index (κ3) is 6.05. The highest BCUT2D eigenvalue weighted by Crippen LogP contribution is 2.25. The maximum atomic E-state index is 12.7. The molecule has 0 saturated heterocycles. The van der Waals surface area contributed by atoms with Crippen LogP contribution < -0.4 is 10.1 Å². The summed E-state index contributed by atoms with van der Waals surface area (Å²) in [6.45, 7) is 13.0. The Hall–Kier alpha value is -3.06. The summed E-state index contributed by atoms with van der Waals surface area (Å²) in [5, 5.41) is 12.4. The van der Waals surface area contributed by atoms with Crippen molar-refractivity contribution in [1.82, 2.24) is 14.8 Å². The molecule has 0 aliphatic heterocycles. The minimum atomic E-state index is -0.0584. The van der Waals surface area contributed by atoms with Gasteiger partial charge in [0.05, 0.1) is 5.75 Å². The molecule has 2 aromatic carbocycles. The second kappa shape index (κ2) is 11.7. The number of carbonyl (C=O) groups is 1. The molecule has 0 saturated carbocycles. The average molecular weight is 465 g/mol. The van der Waals surface area contributed by atoms with Gasteiger partial charge < -0.3 is 10.1 Å². The molecule has 0 atom stereocenters. The summed E-state index contributed by atoms with van der Waals surface area (Å²) in [7, 11) is 0. The van der Waals surface area contributed by atoms with Crippen LogP contribution in [0.5, 0.6) is 5.75 Å². The van der Waals surface area contributed by atoms with E-state index in [1.165, 1.54) is 17.3 Å². The Morgan fingerprint density at radius 2 is 1.82 bits per heavy atom. The first-order valence-electron chi connectivity index (χ1n) is 11.2. The Kier molecular flexibility index (Phi) is 8.72. The van der Waals surface area contributed by atoms with Gasteiger partial charge in [-0.25, -0.2) is 0 Å². The number of nitrogens with one attached hydrogen (secondary N) is 1. The van der Waals surface area contributed by atoms with Gasteiger partial charge in [-0.3, -0.25) is 9.36 Å². The first-order valence-corrected chi connectivity index (χ1v) is 12.2. The van der Waals surface area contributed by atoms with Crippen LogP contribution in [0.4, 0.5) is 5.69 Å². The molecule has 0 bridgehead atoms. The van der Waals surface area contributed by atoms with Gasteiger partial charge in [-0.05, 0) is 55.0 Å². The van der Waals surface area contributed by atoms with Crippen LogP contribution >= 0.6 is 11.8 Å². The monoisotopic (exact) mass is 464 g/mol. The van der Waals surface area contributed by atoms with E-state index in [2.05, 4.69) is 61.1 Å². The van der Waals surface area contributed by atoms with Gasteiger partial charge in [0, 0.05) is 12.2 Å². The molecule has 0 spiro atoms. The van der Waals surface area contributed by atoms with Crippen LogP contribution in [0.3, 0.4) is 0 Å². The Morgan fingerprint density at radius 3 is 2.48 bits per heavy atom. The Balaban J connectivity index is 1.68. The van der Waals surface area contributed by atoms with Crippen molar-refractivity contribution >= 4 is 23.4 Å². The second-order valence-corrected chi connectivity index (χ2v) is 8.72. The molecule has 7 heteroatoms. The molecule has 1 N–H and O–H groups in total. The lowest BCUT2D eigenvalue weighted by atomic mass is 10.0. The fraction of sp³-hybridized carbons (Fsp3) is 0.346. The number of thioether (sulfide) groups is 1. The molecule has 0 aliphatic rings. The van der Waals surface area contributed by atoms with Gasteiger partial charge in [-0.15, -0.1) is 16.8 Å². The number of rotatable bonds is 11. The standard InChI is InChI=1S/C26H32N4O2S/c1-6-15-30-23(16-32-22-14-9-11-18(4)19(22)5)28-29-26(30)33-17-24(31)27-25-20(7-2)12-10-13-21(25)8-3/h6,9-14H,1,7-8,15-17H2,2-5H3,(H,27,31). The number of carbonyl (C=O) groups excluding carboxylic acids is 1. The van der Waals surface area contributed by atoms with E-state index < -0.39 is 0 Å². The van der Waals surface area contributed by atoms with E-state index in [9.17, 15) is 4.79 Å². The number of hydrogen-bond acceptors (Lipinski definition) is 5. The van der Waals surface area contributed by atoms with Gasteiger partial charge >= 0.3 is 0 Å². The minimum Gasteiger partial charge on any atom is -0.485 e. The molecular formula is C26H32N4O2S. The van der Waals surface area contributed by atoms with Gasteiger partial charge in [0.15, 0.2) is 11.0 Å². The quantitative estimate of drug-likeness (QED) is 0.299. The number of allylic oxidation sites excluding steroid dienone is 1. The molecular weight excluding hydrogens is 432 g/mol. The van der Waals surface area contributed by atoms with E-state index in [4.69, 9.17) is 4.74 Å². The SMILES string of the molecule is C=CCn1c(COc2cccc(C)c2C)nnc1SCC(=O)Nc1c(CC)cccc1CC. The molecule has 0 unspecified atom stereocenters. The van der Waals surface area contributed by atoms with Gasteiger partial charge in [-0.2, -0.15) is 0 Å². The van der Waals surface area contributed by atoms with Crippen LogP contribution in [0.2, 0.25) is 0 Å². The largest absolute Gasteiger partial charge is 0.485 e. The van der Waals surface area contributed by atoms with E-state index in [1.807, 2.05) is 29.7 Å². The van der Waals surface area contributed by atoms with Crippen LogP contribution in [-0.2, 0) is 30.8 Å². The zero-order chi connectivity index (χ0) is 23.8. The van der Waals surface area contributed by atoms with Gasteiger partial charge in [0.2, 0.25) is 5.91 Å². The molecule has 174 valence electrons. The van der Waals surface area contributed by atoms with Crippen molar-refractivity contribution in [1.29, 1.82) is 0 Å². The summed E-state index contributed by atoms with van der Waals surface area (Å²) >= 11 is 1.36. The Bertz CT molecular complexity index is 1100. The molecule has 3 aromatic rings. The molecule has 6 nitrogen and oxygen atoms in total. The summed E-state index contributed by atoms with van der Waals surface area (Å²) in [5.74, 6) is 1.72. The zero-order valence-corrected chi connectivity index (χ0v) is 20.7. The topological polar surface area (TPSA) is 69.0 Å². The van der Waals surface area contributed by atoms with Crippen molar-refractivity contribution in [2.45, 2.75) is 58.8 Å². The van der Waals surface area contributed by atoms with Crippen LogP contribution in [0.1, 0.15) is 41.9 Å². The number of hydrogen-bond donors (Lipinski definition) is 1. The smallest absolute Gasteiger partial charge is 0.234 e. The van der Waals surface area contributed by atoms with E-state index in [0.717, 1.165) is 41.0 Å². The van der Waals surface area contributed by atoms with Crippen molar-refractivity contribution in [3.8, 4) is 5.75 Å². The lowest BCUT2D eigenvalue weighted by molar-refractivity contribution is -0.113. The fourth-order valence-electron chi connectivity index (χ4n) is 3.58. The highest BCUT2D eigenvalue weighted by molar-refractivity contribution is 7.99. The van der Waals surface area contributed by atoms with Crippen molar-refractivity contribution < 1.29 is 9.53 Å². The first kappa shape index (κ1) is 24.6. The van der Waals surface area contributed by atoms with Gasteiger partial charge in [0.1, 0.15) is 12.4 Å². The molecule has 1 amide bonds. The molecule has 0 fully saturated rings. The lowest BCUT2D eigenvalue weighted by Crippen LogP contribution is -2.17. The third-order valence-electron chi connectivity index (χ3n) is 5.61. The number of nitrogens with zero attached hydrogens (tertiary/aromatic N) is 3. The molecule has 1 aromatic heterocycles. The van der Waals surface area contributed by atoms with Gasteiger partial charge in [-0.1, -0.05) is 62.0 Å². The fourth-order valence-corrected chi connectivity index (χ4v) is 4.34. The number of para-hydroxylation sites is 1. The highest BCUT2D eigenvalue weighted by Gasteiger charge is 2.16. The summed E-state index contributed by atoms with van der Waals surface area (Å²) in [6, 6.07) is 12.2. The molecule has 3 rings (SSSR count). The number of anilines is 1. The predicted molar refractivity (Wildman–Crippen MR) is 135 cm³/mol. The van der Waals surface area contributed by atoms with Crippen LogP contribution in [-0.4, -0.2) is 26.4 Å². The number of benzene rings is 2. The predicted octanol–water partition coefficient (Wildman–Crippen LogP) is 5.52. The second-order valence-electron chi connectivity index (χ2n) is 7.78. The number of aromatic nitrogens is 3. The lowest BCUT2D eigenvalue weighted by Gasteiger charge is -2.14. The summed E-state index contributed by atoms with van der Waals surface area (Å²) < 4.78 is 7.95. The van der Waals surface area contributed by atoms with Gasteiger partial charge in [0.25, 0.3) is 0 Å². The van der Waals surface area contributed by atoms with Crippen LogP contribution in [0.15, 0.2) is 54.2 Å². The number of aryl methyl sites for hydroxylation is 3. The van der Waals surface area contributed by atoms with Crippen molar-refractivity contribution in [2.75, 3.05) is 11.1 Å². The maximum absolute atomic E-state index is 12.7. The normalized spacial score (nSPS) is 10.8. The Labute approximate surface area is 200 Å². The highest BCUT2D eigenvalue weighted by atomic mass is 32.2. The minimum absolute atomic E-state index is 0.0584. The van der Waals surface area contributed by atoms with E-state index in [1.54, 1.807) is 6.08 Å². The van der Waals surface area contributed by atoms with E-state index in [0.29, 0.717) is 24.1 Å². The summed E-state index contributed by atoms with van der Waals surface area (Å²) in [5.41, 5.74) is 5.51. The number of ether oxygens (including phenoxy) is 1. The maximum Gasteiger partial charge on any atom is 0.234 e. The number of amides is 1. The Morgan fingerprint density at radius 1 is 1.12 bits per heavy atom. The summed E-state index contributed by atoms with van der Waals surface area (Å²) in [4.78, 5) is 12.7. The third-order valence-corrected chi connectivity index (χ3v) is 6.58. The van der Waals surface area contributed by atoms with E-state index >= 15 is 0 Å². The molecule has 1 heterocycles. The molecule has 0 radical (unpaired) electrons. The average Bonchev–Trinajstić information content (AvgIpc) is 3.20. The molecule has 0 aliphatic carbocycles. The van der Waals surface area contributed by atoms with Crippen molar-refractivity contribution in [3.05, 3.63) is 77.1 Å². The van der Waals surface area contributed by atoms with E-state index in [-0.39, 0.29) is 11.7 Å². The van der Waals surface area contributed by atoms with Crippen molar-refractivity contribution in [2.24, 2.45) is 0 Å².